The van der Waals surface area contributed by atoms with Gasteiger partial charge in [-0.05, 0) is 62.2 Å². The first kappa shape index (κ1) is 22.2. The number of hydrogen-bond donors (Lipinski definition) is 0. The highest BCUT2D eigenvalue weighted by Gasteiger charge is 2.10. The molecule has 0 aliphatic heterocycles. The van der Waals surface area contributed by atoms with E-state index in [0.717, 1.165) is 28.8 Å². The molecular formula is C24H30N2O3S. The number of aromatic nitrogens is 1. The van der Waals surface area contributed by atoms with Gasteiger partial charge in [0.2, 0.25) is 0 Å². The quantitative estimate of drug-likeness (QED) is 0.410. The minimum atomic E-state index is -0.249. The molecule has 6 heteroatoms. The van der Waals surface area contributed by atoms with Crippen LogP contribution in [0.2, 0.25) is 0 Å². The van der Waals surface area contributed by atoms with Crippen molar-refractivity contribution in [3.63, 3.8) is 0 Å². The average Bonchev–Trinajstić information content (AvgIpc) is 3.08. The van der Waals surface area contributed by atoms with Crippen molar-refractivity contribution in [1.29, 1.82) is 0 Å². The standard InChI is InChI=1S/C24H30N2O3S/c1-4-6-7-15-29-20-11-9-19(10-12-20)23(27)25-24-26(14-16-28-5-2)21-13-8-18(3)17-22(21)30-24/h8-13,17H,4-7,14-16H2,1-3H3. The number of unbranched alkanes of at least 4 members (excludes halogenated alkanes) is 2. The monoisotopic (exact) mass is 426 g/mol. The number of nitrogens with zero attached hydrogens (tertiary/aromatic N) is 2. The Morgan fingerprint density at radius 2 is 1.87 bits per heavy atom. The van der Waals surface area contributed by atoms with Crippen molar-refractivity contribution in [2.75, 3.05) is 19.8 Å². The molecule has 0 saturated heterocycles. The lowest BCUT2D eigenvalue weighted by Crippen LogP contribution is -2.19. The number of amides is 1. The molecule has 1 aromatic heterocycles. The van der Waals surface area contributed by atoms with E-state index in [1.54, 1.807) is 12.1 Å². The highest BCUT2D eigenvalue weighted by Crippen LogP contribution is 2.19. The van der Waals surface area contributed by atoms with Gasteiger partial charge in [0.25, 0.3) is 5.91 Å². The molecule has 0 aliphatic carbocycles. The van der Waals surface area contributed by atoms with Gasteiger partial charge < -0.3 is 14.0 Å². The van der Waals surface area contributed by atoms with Gasteiger partial charge in [0, 0.05) is 18.7 Å². The summed E-state index contributed by atoms with van der Waals surface area (Å²) in [6.45, 7) is 8.83. The third-order valence-electron chi connectivity index (χ3n) is 4.82. The highest BCUT2D eigenvalue weighted by molar-refractivity contribution is 7.16. The Bertz CT molecular complexity index is 1030. The fourth-order valence-corrected chi connectivity index (χ4v) is 4.32. The maximum Gasteiger partial charge on any atom is 0.279 e. The third-order valence-corrected chi connectivity index (χ3v) is 5.86. The SMILES string of the molecule is CCCCCOc1ccc(C(=O)N=c2sc3cc(C)ccc3n2CCOCC)cc1. The van der Waals surface area contributed by atoms with Crippen LogP contribution in [-0.4, -0.2) is 30.3 Å². The minimum Gasteiger partial charge on any atom is -0.494 e. The first-order chi connectivity index (χ1) is 14.6. The Labute approximate surface area is 182 Å². The van der Waals surface area contributed by atoms with Crippen molar-refractivity contribution in [2.24, 2.45) is 4.99 Å². The molecule has 0 N–H and O–H groups in total. The van der Waals surface area contributed by atoms with Crippen molar-refractivity contribution in [1.82, 2.24) is 4.57 Å². The van der Waals surface area contributed by atoms with E-state index in [1.807, 2.05) is 19.1 Å². The largest absolute Gasteiger partial charge is 0.494 e. The second-order valence-corrected chi connectivity index (χ2v) is 8.21. The molecule has 160 valence electrons. The lowest BCUT2D eigenvalue weighted by atomic mass is 10.2. The molecule has 0 saturated carbocycles. The van der Waals surface area contributed by atoms with Gasteiger partial charge in [-0.25, -0.2) is 0 Å². The second-order valence-electron chi connectivity index (χ2n) is 7.20. The van der Waals surface area contributed by atoms with Crippen molar-refractivity contribution < 1.29 is 14.3 Å². The predicted molar refractivity (Wildman–Crippen MR) is 122 cm³/mol. The van der Waals surface area contributed by atoms with Crippen LogP contribution in [0.5, 0.6) is 5.75 Å². The zero-order chi connectivity index (χ0) is 21.3. The van der Waals surface area contributed by atoms with Crippen LogP contribution in [0.1, 0.15) is 49.0 Å². The van der Waals surface area contributed by atoms with Gasteiger partial charge >= 0.3 is 0 Å². The normalized spacial score (nSPS) is 11.9. The maximum atomic E-state index is 12.8. The van der Waals surface area contributed by atoms with E-state index in [-0.39, 0.29) is 5.91 Å². The van der Waals surface area contributed by atoms with Gasteiger partial charge in [-0.3, -0.25) is 4.79 Å². The van der Waals surface area contributed by atoms with Gasteiger partial charge in [0.15, 0.2) is 4.80 Å². The summed E-state index contributed by atoms with van der Waals surface area (Å²) < 4.78 is 14.4. The molecule has 3 aromatic rings. The summed E-state index contributed by atoms with van der Waals surface area (Å²) >= 11 is 1.53. The summed E-state index contributed by atoms with van der Waals surface area (Å²) in [6, 6.07) is 13.5. The lowest BCUT2D eigenvalue weighted by Gasteiger charge is -2.06. The van der Waals surface area contributed by atoms with Crippen LogP contribution in [0.15, 0.2) is 47.5 Å². The molecule has 0 aliphatic rings. The molecule has 0 unspecified atom stereocenters. The molecular weight excluding hydrogens is 396 g/mol. The zero-order valence-electron chi connectivity index (χ0n) is 18.0. The number of aryl methyl sites for hydroxylation is 1. The molecule has 1 heterocycles. The summed E-state index contributed by atoms with van der Waals surface area (Å²) in [6.07, 6.45) is 3.37. The average molecular weight is 427 g/mol. The third kappa shape index (κ3) is 5.80. The van der Waals surface area contributed by atoms with Crippen LogP contribution in [0, 0.1) is 6.92 Å². The van der Waals surface area contributed by atoms with Crippen LogP contribution in [0.3, 0.4) is 0 Å². The minimum absolute atomic E-state index is 0.249. The van der Waals surface area contributed by atoms with E-state index < -0.39 is 0 Å². The van der Waals surface area contributed by atoms with Crippen molar-refractivity contribution in [3.05, 3.63) is 58.4 Å². The molecule has 5 nitrogen and oxygen atoms in total. The van der Waals surface area contributed by atoms with Gasteiger partial charge in [0.05, 0.1) is 23.4 Å². The highest BCUT2D eigenvalue weighted by atomic mass is 32.1. The number of carbonyl (C=O) groups excluding carboxylic acids is 1. The molecule has 0 bridgehead atoms. The van der Waals surface area contributed by atoms with E-state index in [1.165, 1.54) is 23.3 Å². The van der Waals surface area contributed by atoms with E-state index >= 15 is 0 Å². The van der Waals surface area contributed by atoms with Gasteiger partial charge in [0.1, 0.15) is 5.75 Å². The number of carbonyl (C=O) groups is 1. The second kappa shape index (κ2) is 11.1. The number of thiazole rings is 1. The van der Waals surface area contributed by atoms with Crippen molar-refractivity contribution >= 4 is 27.5 Å². The van der Waals surface area contributed by atoms with Crippen LogP contribution in [-0.2, 0) is 11.3 Å². The molecule has 2 aromatic carbocycles. The lowest BCUT2D eigenvalue weighted by molar-refractivity contribution is 0.0996. The fraction of sp³-hybridized carbons (Fsp3) is 0.417. The first-order valence-corrected chi connectivity index (χ1v) is 11.4. The maximum absolute atomic E-state index is 12.8. The Hall–Kier alpha value is -2.44. The summed E-state index contributed by atoms with van der Waals surface area (Å²) in [7, 11) is 0. The number of rotatable bonds is 10. The molecule has 0 fully saturated rings. The van der Waals surface area contributed by atoms with E-state index in [9.17, 15) is 4.79 Å². The first-order valence-electron chi connectivity index (χ1n) is 10.6. The van der Waals surface area contributed by atoms with Crippen LogP contribution in [0.4, 0.5) is 0 Å². The van der Waals surface area contributed by atoms with Crippen molar-refractivity contribution in [3.8, 4) is 5.75 Å². The summed E-state index contributed by atoms with van der Waals surface area (Å²) in [5, 5.41) is 0. The number of fused-ring (bicyclic) bond motifs is 1. The Balaban J connectivity index is 1.82. The predicted octanol–water partition coefficient (Wildman–Crippen LogP) is 5.36. The van der Waals surface area contributed by atoms with E-state index in [4.69, 9.17) is 9.47 Å². The number of benzene rings is 2. The summed E-state index contributed by atoms with van der Waals surface area (Å²) in [5.74, 6) is 0.535. The van der Waals surface area contributed by atoms with Gasteiger partial charge in [-0.15, -0.1) is 0 Å². The molecule has 0 spiro atoms. The topological polar surface area (TPSA) is 52.8 Å². The Morgan fingerprint density at radius 1 is 1.07 bits per heavy atom. The van der Waals surface area contributed by atoms with Crippen LogP contribution < -0.4 is 9.54 Å². The van der Waals surface area contributed by atoms with E-state index in [2.05, 4.69) is 41.6 Å². The fourth-order valence-electron chi connectivity index (χ4n) is 3.17. The molecule has 1 amide bonds. The van der Waals surface area contributed by atoms with E-state index in [0.29, 0.717) is 36.7 Å². The molecule has 30 heavy (non-hydrogen) atoms. The Morgan fingerprint density at radius 3 is 2.60 bits per heavy atom. The summed E-state index contributed by atoms with van der Waals surface area (Å²) in [5.41, 5.74) is 2.82. The van der Waals surface area contributed by atoms with Crippen molar-refractivity contribution in [2.45, 2.75) is 46.6 Å². The smallest absolute Gasteiger partial charge is 0.279 e. The van der Waals surface area contributed by atoms with Gasteiger partial charge in [-0.1, -0.05) is 37.2 Å². The van der Waals surface area contributed by atoms with Crippen LogP contribution in [0.25, 0.3) is 10.2 Å². The van der Waals surface area contributed by atoms with Gasteiger partial charge in [-0.2, -0.15) is 4.99 Å². The number of ether oxygens (including phenoxy) is 2. The molecule has 0 radical (unpaired) electrons. The Kier molecular flexibility index (Phi) is 8.22. The molecule has 0 atom stereocenters. The number of hydrogen-bond acceptors (Lipinski definition) is 4. The summed E-state index contributed by atoms with van der Waals surface area (Å²) in [4.78, 5) is 17.9. The van der Waals surface area contributed by atoms with Crippen LogP contribution >= 0.6 is 11.3 Å². The molecule has 3 rings (SSSR count). The zero-order valence-corrected chi connectivity index (χ0v) is 18.8.